The van der Waals surface area contributed by atoms with Crippen LogP contribution in [0, 0.1) is 0 Å². The number of carbonyl (C=O) groups excluding carboxylic acids is 1. The monoisotopic (exact) mass is 349 g/mol. The van der Waals surface area contributed by atoms with Crippen LogP contribution in [0.15, 0.2) is 23.2 Å². The van der Waals surface area contributed by atoms with Crippen molar-refractivity contribution in [3.63, 3.8) is 0 Å². The molecule has 2 N–H and O–H groups in total. The van der Waals surface area contributed by atoms with Gasteiger partial charge in [-0.05, 0) is 43.9 Å². The minimum atomic E-state index is -0.169. The first-order chi connectivity index (χ1) is 12.2. The van der Waals surface area contributed by atoms with Gasteiger partial charge >= 0.3 is 5.97 Å². The van der Waals surface area contributed by atoms with Crippen LogP contribution in [0.2, 0.25) is 0 Å². The lowest BCUT2D eigenvalue weighted by Crippen LogP contribution is -2.38. The second kappa shape index (κ2) is 10.4. The third-order valence-corrected chi connectivity index (χ3v) is 3.77. The predicted molar refractivity (Wildman–Crippen MR) is 96.1 cm³/mol. The Bertz CT molecular complexity index is 590. The number of aliphatic imine (C=N–C) groups is 1. The largest absolute Gasteiger partial charge is 0.469 e. The van der Waals surface area contributed by atoms with Crippen molar-refractivity contribution in [2.75, 3.05) is 33.5 Å². The summed E-state index contributed by atoms with van der Waals surface area (Å²) in [6.45, 7) is 4.58. The summed E-state index contributed by atoms with van der Waals surface area (Å²) >= 11 is 0. The Hall–Kier alpha value is -2.44. The Labute approximate surface area is 148 Å². The summed E-state index contributed by atoms with van der Waals surface area (Å²) in [5, 5.41) is 6.55. The fraction of sp³-hybridized carbons (Fsp3) is 0.556. The van der Waals surface area contributed by atoms with Crippen LogP contribution < -0.4 is 20.1 Å². The molecule has 7 nitrogen and oxygen atoms in total. The number of nitrogens with zero attached hydrogens (tertiary/aromatic N) is 1. The van der Waals surface area contributed by atoms with E-state index in [1.807, 2.05) is 25.1 Å². The highest BCUT2D eigenvalue weighted by molar-refractivity contribution is 5.79. The third kappa shape index (κ3) is 6.52. The van der Waals surface area contributed by atoms with Crippen LogP contribution in [0.5, 0.6) is 11.5 Å². The highest BCUT2D eigenvalue weighted by Gasteiger charge is 2.12. The van der Waals surface area contributed by atoms with Gasteiger partial charge in [0.2, 0.25) is 6.79 Å². The van der Waals surface area contributed by atoms with Gasteiger partial charge in [0, 0.05) is 26.1 Å². The van der Waals surface area contributed by atoms with Crippen LogP contribution in [-0.4, -0.2) is 45.5 Å². The molecule has 0 unspecified atom stereocenters. The zero-order valence-corrected chi connectivity index (χ0v) is 15.0. The van der Waals surface area contributed by atoms with Gasteiger partial charge in [0.05, 0.1) is 7.11 Å². The number of hydrogen-bond donors (Lipinski definition) is 2. The van der Waals surface area contributed by atoms with Crippen LogP contribution in [0.1, 0.15) is 31.7 Å². The fourth-order valence-corrected chi connectivity index (χ4v) is 2.44. The molecule has 1 aliphatic rings. The zero-order valence-electron chi connectivity index (χ0n) is 15.0. The van der Waals surface area contributed by atoms with Crippen molar-refractivity contribution in [2.24, 2.45) is 4.99 Å². The summed E-state index contributed by atoms with van der Waals surface area (Å²) in [6.07, 6.45) is 2.95. The molecule has 1 aromatic rings. The van der Waals surface area contributed by atoms with E-state index >= 15 is 0 Å². The Morgan fingerprint density at radius 2 is 2.08 bits per heavy atom. The van der Waals surface area contributed by atoms with Crippen LogP contribution in [0.3, 0.4) is 0 Å². The smallest absolute Gasteiger partial charge is 0.305 e. The first-order valence-electron chi connectivity index (χ1n) is 8.70. The van der Waals surface area contributed by atoms with Gasteiger partial charge in [0.25, 0.3) is 0 Å². The average molecular weight is 349 g/mol. The molecule has 25 heavy (non-hydrogen) atoms. The molecular weight excluding hydrogens is 322 g/mol. The number of hydrogen-bond acceptors (Lipinski definition) is 5. The van der Waals surface area contributed by atoms with E-state index in [-0.39, 0.29) is 5.97 Å². The lowest BCUT2D eigenvalue weighted by Gasteiger charge is -2.11. The number of methoxy groups -OCH3 is 1. The number of guanidine groups is 1. The maximum absolute atomic E-state index is 11.1. The summed E-state index contributed by atoms with van der Waals surface area (Å²) in [5.74, 6) is 2.24. The normalized spacial score (nSPS) is 12.8. The minimum absolute atomic E-state index is 0.169. The molecule has 1 heterocycles. The molecule has 138 valence electrons. The molecule has 0 aliphatic carbocycles. The molecule has 0 bridgehead atoms. The first kappa shape index (κ1) is 18.9. The van der Waals surface area contributed by atoms with E-state index in [4.69, 9.17) is 9.47 Å². The zero-order chi connectivity index (χ0) is 17.9. The van der Waals surface area contributed by atoms with E-state index < -0.39 is 0 Å². The lowest BCUT2D eigenvalue weighted by atomic mass is 10.1. The summed E-state index contributed by atoms with van der Waals surface area (Å²) in [7, 11) is 1.41. The molecule has 0 fully saturated rings. The molecule has 0 radical (unpaired) electrons. The quantitative estimate of drug-likeness (QED) is 0.306. The molecule has 7 heteroatoms. The average Bonchev–Trinajstić information content (AvgIpc) is 3.09. The van der Waals surface area contributed by atoms with Gasteiger partial charge in [-0.25, -0.2) is 0 Å². The molecule has 0 atom stereocenters. The summed E-state index contributed by atoms with van der Waals surface area (Å²) in [4.78, 5) is 15.6. The SMILES string of the molecule is CCNC(=NCCCCC(=O)OC)NCCc1ccc2c(c1)OCO2. The molecule has 0 spiro atoms. The Balaban J connectivity index is 1.71. The Morgan fingerprint density at radius 1 is 1.24 bits per heavy atom. The van der Waals surface area contributed by atoms with Crippen molar-refractivity contribution in [2.45, 2.75) is 32.6 Å². The molecule has 2 rings (SSSR count). The highest BCUT2D eigenvalue weighted by Crippen LogP contribution is 2.32. The van der Waals surface area contributed by atoms with E-state index in [1.165, 1.54) is 12.7 Å². The van der Waals surface area contributed by atoms with Crippen molar-refractivity contribution in [3.8, 4) is 11.5 Å². The second-order valence-corrected chi connectivity index (χ2v) is 5.66. The van der Waals surface area contributed by atoms with Crippen molar-refractivity contribution >= 4 is 11.9 Å². The Morgan fingerprint density at radius 3 is 2.88 bits per heavy atom. The van der Waals surface area contributed by atoms with Crippen LogP contribution >= 0.6 is 0 Å². The number of benzene rings is 1. The van der Waals surface area contributed by atoms with E-state index in [0.717, 1.165) is 49.8 Å². The molecule has 0 saturated heterocycles. The minimum Gasteiger partial charge on any atom is -0.469 e. The third-order valence-electron chi connectivity index (χ3n) is 3.77. The Kier molecular flexibility index (Phi) is 7.88. The van der Waals surface area contributed by atoms with E-state index in [1.54, 1.807) is 0 Å². The van der Waals surface area contributed by atoms with Gasteiger partial charge in [-0.1, -0.05) is 6.07 Å². The van der Waals surface area contributed by atoms with Crippen molar-refractivity contribution in [1.82, 2.24) is 10.6 Å². The number of ether oxygens (including phenoxy) is 3. The maximum atomic E-state index is 11.1. The van der Waals surface area contributed by atoms with Crippen LogP contribution in [-0.2, 0) is 16.0 Å². The number of esters is 1. The highest BCUT2D eigenvalue weighted by atomic mass is 16.7. The summed E-state index contributed by atoms with van der Waals surface area (Å²) in [6, 6.07) is 6.01. The first-order valence-corrected chi connectivity index (χ1v) is 8.70. The van der Waals surface area contributed by atoms with Crippen molar-refractivity contribution in [3.05, 3.63) is 23.8 Å². The number of rotatable bonds is 9. The summed E-state index contributed by atoms with van der Waals surface area (Å²) < 4.78 is 15.3. The molecular formula is C18H27N3O4. The second-order valence-electron chi connectivity index (χ2n) is 5.66. The van der Waals surface area contributed by atoms with Crippen molar-refractivity contribution in [1.29, 1.82) is 0 Å². The van der Waals surface area contributed by atoms with Gasteiger partial charge < -0.3 is 24.8 Å². The molecule has 0 amide bonds. The summed E-state index contributed by atoms with van der Waals surface area (Å²) in [5.41, 5.74) is 1.19. The molecule has 0 aromatic heterocycles. The van der Waals surface area contributed by atoms with Crippen LogP contribution in [0.4, 0.5) is 0 Å². The van der Waals surface area contributed by atoms with Gasteiger partial charge in [0.1, 0.15) is 0 Å². The number of carbonyl (C=O) groups is 1. The predicted octanol–water partition coefficient (Wildman–Crippen LogP) is 1.86. The number of fused-ring (bicyclic) bond motifs is 1. The van der Waals surface area contributed by atoms with Crippen molar-refractivity contribution < 1.29 is 19.0 Å². The molecule has 1 aliphatic heterocycles. The van der Waals surface area contributed by atoms with Gasteiger partial charge in [0.15, 0.2) is 17.5 Å². The fourth-order valence-electron chi connectivity index (χ4n) is 2.44. The van der Waals surface area contributed by atoms with Gasteiger partial charge in [-0.15, -0.1) is 0 Å². The molecule has 0 saturated carbocycles. The maximum Gasteiger partial charge on any atom is 0.305 e. The standard InChI is InChI=1S/C18H27N3O4/c1-3-19-18(20-10-5-4-6-17(22)23-2)21-11-9-14-7-8-15-16(12-14)25-13-24-15/h7-8,12H,3-6,9-11,13H2,1-2H3,(H2,19,20,21). The van der Waals surface area contributed by atoms with E-state index in [0.29, 0.717) is 19.8 Å². The van der Waals surface area contributed by atoms with Gasteiger partial charge in [-0.2, -0.15) is 0 Å². The lowest BCUT2D eigenvalue weighted by molar-refractivity contribution is -0.140. The topological polar surface area (TPSA) is 81.2 Å². The number of nitrogens with one attached hydrogen (secondary N) is 2. The van der Waals surface area contributed by atoms with E-state index in [2.05, 4.69) is 20.4 Å². The number of unbranched alkanes of at least 4 members (excludes halogenated alkanes) is 1. The molecule has 1 aromatic carbocycles. The van der Waals surface area contributed by atoms with Crippen LogP contribution in [0.25, 0.3) is 0 Å². The van der Waals surface area contributed by atoms with E-state index in [9.17, 15) is 4.79 Å². The van der Waals surface area contributed by atoms with Gasteiger partial charge in [-0.3, -0.25) is 9.79 Å².